The van der Waals surface area contributed by atoms with Gasteiger partial charge in [0.2, 0.25) is 0 Å². The second-order valence-corrected chi connectivity index (χ2v) is 14.1. The predicted octanol–water partition coefficient (Wildman–Crippen LogP) is 3.05. The molecule has 1 aliphatic heterocycles. The van der Waals surface area contributed by atoms with Crippen LogP contribution in [0.2, 0.25) is 18.1 Å². The number of fused-ring (bicyclic) bond motifs is 1. The predicted molar refractivity (Wildman–Crippen MR) is 96.3 cm³/mol. The summed E-state index contributed by atoms with van der Waals surface area (Å²) >= 11 is 0. The lowest BCUT2D eigenvalue weighted by Gasteiger charge is -2.44. The van der Waals surface area contributed by atoms with Crippen molar-refractivity contribution in [3.8, 4) is 0 Å². The molecule has 24 heavy (non-hydrogen) atoms. The molecule has 0 bridgehead atoms. The molecule has 2 N–H and O–H groups in total. The van der Waals surface area contributed by atoms with Gasteiger partial charge in [-0.25, -0.2) is 0 Å². The van der Waals surface area contributed by atoms with E-state index in [9.17, 15) is 10.2 Å². The maximum absolute atomic E-state index is 11.1. The SMILES string of the molecule is CC1(C)O[C@@H]2[C@@H](O)[C@@H](O[Si](C)(C)C(C)(C)C)[C@@H](CO)CCC[C@@H]2O1. The normalized spacial score (nSPS) is 37.6. The molecule has 5 atom stereocenters. The third-order valence-corrected chi connectivity index (χ3v) is 10.4. The molecule has 5 nitrogen and oxygen atoms in total. The van der Waals surface area contributed by atoms with E-state index >= 15 is 0 Å². The minimum Gasteiger partial charge on any atom is -0.411 e. The summed E-state index contributed by atoms with van der Waals surface area (Å²) in [5.74, 6) is -0.751. The van der Waals surface area contributed by atoms with Gasteiger partial charge in [0.25, 0.3) is 0 Å². The van der Waals surface area contributed by atoms with Crippen molar-refractivity contribution in [1.82, 2.24) is 0 Å². The molecule has 6 heteroatoms. The van der Waals surface area contributed by atoms with Crippen molar-refractivity contribution in [2.75, 3.05) is 6.61 Å². The van der Waals surface area contributed by atoms with Gasteiger partial charge >= 0.3 is 0 Å². The molecule has 0 radical (unpaired) electrons. The Morgan fingerprint density at radius 3 is 2.33 bits per heavy atom. The standard InChI is InChI=1S/C18H36O5Si/c1-17(2,3)24(6,7)23-15-12(11-19)9-8-10-13-16(14(15)20)22-18(4,5)21-13/h12-16,19-20H,8-11H2,1-7H3/t12-,13+,14+,15+,16+/m1/s1. The van der Waals surface area contributed by atoms with E-state index < -0.39 is 32.4 Å². The Balaban J connectivity index is 2.27. The summed E-state index contributed by atoms with van der Waals surface area (Å²) in [5, 5.41) is 21.0. The molecule has 1 saturated carbocycles. The summed E-state index contributed by atoms with van der Waals surface area (Å²) in [6.45, 7) is 14.7. The third kappa shape index (κ3) is 4.22. The highest BCUT2D eigenvalue weighted by molar-refractivity contribution is 6.74. The van der Waals surface area contributed by atoms with E-state index in [1.165, 1.54) is 0 Å². The van der Waals surface area contributed by atoms with Gasteiger partial charge in [-0.05, 0) is 44.8 Å². The maximum Gasteiger partial charge on any atom is 0.192 e. The van der Waals surface area contributed by atoms with Gasteiger partial charge in [0.05, 0.1) is 12.2 Å². The minimum atomic E-state index is -2.08. The average Bonchev–Trinajstić information content (AvgIpc) is 2.73. The second kappa shape index (κ2) is 6.97. The van der Waals surface area contributed by atoms with Crippen molar-refractivity contribution < 1.29 is 24.1 Å². The van der Waals surface area contributed by atoms with Crippen LogP contribution in [0.3, 0.4) is 0 Å². The van der Waals surface area contributed by atoms with Gasteiger partial charge in [-0.15, -0.1) is 0 Å². The smallest absolute Gasteiger partial charge is 0.192 e. The van der Waals surface area contributed by atoms with Gasteiger partial charge in [0.15, 0.2) is 14.1 Å². The highest BCUT2D eigenvalue weighted by atomic mass is 28.4. The van der Waals surface area contributed by atoms with E-state index in [2.05, 4.69) is 33.9 Å². The summed E-state index contributed by atoms with van der Waals surface area (Å²) in [6.07, 6.45) is 0.901. The van der Waals surface area contributed by atoms with Crippen molar-refractivity contribution in [1.29, 1.82) is 0 Å². The van der Waals surface area contributed by atoms with Crippen LogP contribution in [0.5, 0.6) is 0 Å². The quantitative estimate of drug-likeness (QED) is 0.757. The number of aliphatic hydroxyl groups is 2. The Kier molecular flexibility index (Phi) is 5.90. The monoisotopic (exact) mass is 360 g/mol. The molecule has 2 aliphatic rings. The molecule has 0 aromatic heterocycles. The Bertz CT molecular complexity index is 432. The van der Waals surface area contributed by atoms with E-state index in [-0.39, 0.29) is 23.7 Å². The fraction of sp³-hybridized carbons (Fsp3) is 1.00. The lowest BCUT2D eigenvalue weighted by Crippen LogP contribution is -2.55. The molecule has 2 fully saturated rings. The highest BCUT2D eigenvalue weighted by Crippen LogP contribution is 2.42. The van der Waals surface area contributed by atoms with Crippen molar-refractivity contribution in [3.63, 3.8) is 0 Å². The number of hydrogen-bond acceptors (Lipinski definition) is 5. The van der Waals surface area contributed by atoms with Crippen molar-refractivity contribution in [2.45, 2.75) is 102 Å². The van der Waals surface area contributed by atoms with E-state index in [4.69, 9.17) is 13.9 Å². The first-order valence-corrected chi connectivity index (χ1v) is 12.1. The first-order valence-electron chi connectivity index (χ1n) is 9.20. The Morgan fingerprint density at radius 1 is 1.17 bits per heavy atom. The number of hydrogen-bond donors (Lipinski definition) is 2. The summed E-state index contributed by atoms with van der Waals surface area (Å²) in [6, 6.07) is 0. The molecule has 142 valence electrons. The van der Waals surface area contributed by atoms with E-state index in [0.717, 1.165) is 19.3 Å². The first-order chi connectivity index (χ1) is 10.9. The topological polar surface area (TPSA) is 68.2 Å². The van der Waals surface area contributed by atoms with Crippen molar-refractivity contribution in [3.05, 3.63) is 0 Å². The van der Waals surface area contributed by atoms with E-state index in [1.807, 2.05) is 13.8 Å². The first kappa shape index (κ1) is 20.3. The third-order valence-electron chi connectivity index (χ3n) is 5.89. The Morgan fingerprint density at radius 2 is 1.79 bits per heavy atom. The van der Waals surface area contributed by atoms with Crippen LogP contribution >= 0.6 is 0 Å². The Hall–Kier alpha value is 0.0169. The molecule has 1 saturated heterocycles. The molecular formula is C18H36O5Si. The largest absolute Gasteiger partial charge is 0.411 e. The molecule has 1 aliphatic carbocycles. The minimum absolute atomic E-state index is 0.0258. The zero-order chi connectivity index (χ0) is 18.3. The average molecular weight is 361 g/mol. The van der Waals surface area contributed by atoms with Gasteiger partial charge in [-0.1, -0.05) is 27.2 Å². The van der Waals surface area contributed by atoms with Crippen LogP contribution in [0, 0.1) is 5.92 Å². The van der Waals surface area contributed by atoms with Crippen molar-refractivity contribution >= 4 is 8.32 Å². The molecular weight excluding hydrogens is 324 g/mol. The maximum atomic E-state index is 11.1. The molecule has 0 amide bonds. The second-order valence-electron chi connectivity index (χ2n) is 9.35. The van der Waals surface area contributed by atoms with Crippen LogP contribution in [0.25, 0.3) is 0 Å². The van der Waals surface area contributed by atoms with Gasteiger partial charge in [0.1, 0.15) is 12.2 Å². The van der Waals surface area contributed by atoms with Crippen LogP contribution in [0.1, 0.15) is 53.9 Å². The van der Waals surface area contributed by atoms with E-state index in [1.54, 1.807) is 0 Å². The summed E-state index contributed by atoms with van der Waals surface area (Å²) in [4.78, 5) is 0. The van der Waals surface area contributed by atoms with Gasteiger partial charge in [-0.2, -0.15) is 0 Å². The van der Waals surface area contributed by atoms with Crippen LogP contribution in [0.4, 0.5) is 0 Å². The number of rotatable bonds is 3. The fourth-order valence-electron chi connectivity index (χ4n) is 3.47. The van der Waals surface area contributed by atoms with Crippen LogP contribution < -0.4 is 0 Å². The van der Waals surface area contributed by atoms with Crippen LogP contribution in [-0.2, 0) is 13.9 Å². The van der Waals surface area contributed by atoms with Crippen LogP contribution in [-0.4, -0.2) is 55.3 Å². The van der Waals surface area contributed by atoms with Gasteiger partial charge in [-0.3, -0.25) is 0 Å². The molecule has 0 aromatic carbocycles. The van der Waals surface area contributed by atoms with Gasteiger partial charge in [0, 0.05) is 12.5 Å². The zero-order valence-corrected chi connectivity index (χ0v) is 17.3. The number of aliphatic hydroxyl groups excluding tert-OH is 2. The lowest BCUT2D eigenvalue weighted by molar-refractivity contribution is -0.164. The van der Waals surface area contributed by atoms with Crippen LogP contribution in [0.15, 0.2) is 0 Å². The summed E-state index contributed by atoms with van der Waals surface area (Å²) in [7, 11) is -2.08. The molecule has 0 spiro atoms. The fourth-order valence-corrected chi connectivity index (χ4v) is 4.83. The highest BCUT2D eigenvalue weighted by Gasteiger charge is 2.51. The lowest BCUT2D eigenvalue weighted by atomic mass is 9.85. The number of ether oxygens (including phenoxy) is 2. The summed E-state index contributed by atoms with van der Waals surface area (Å²) in [5.41, 5.74) is 0. The zero-order valence-electron chi connectivity index (χ0n) is 16.3. The molecule has 1 heterocycles. The Labute approximate surface area is 147 Å². The molecule has 2 rings (SSSR count). The van der Waals surface area contributed by atoms with E-state index in [0.29, 0.717) is 0 Å². The molecule has 0 unspecified atom stereocenters. The summed E-state index contributed by atoms with van der Waals surface area (Å²) < 4.78 is 18.6. The van der Waals surface area contributed by atoms with Gasteiger partial charge < -0.3 is 24.1 Å². The van der Waals surface area contributed by atoms with Crippen molar-refractivity contribution in [2.24, 2.45) is 5.92 Å². The molecule has 0 aromatic rings.